The molecular formula is C18H22N2O. The van der Waals surface area contributed by atoms with E-state index in [1.165, 1.54) is 16.7 Å². The molecule has 3 heteroatoms. The highest BCUT2D eigenvalue weighted by atomic mass is 16.1. The molecule has 110 valence electrons. The number of aryl methyl sites for hydroxylation is 2. The summed E-state index contributed by atoms with van der Waals surface area (Å²) in [5.74, 6) is 0.0177. The minimum Gasteiger partial charge on any atom is -0.351 e. The summed E-state index contributed by atoms with van der Waals surface area (Å²) in [4.78, 5) is 11.8. The van der Waals surface area contributed by atoms with Gasteiger partial charge in [0, 0.05) is 13.1 Å². The zero-order chi connectivity index (χ0) is 15.1. The van der Waals surface area contributed by atoms with E-state index in [0.29, 0.717) is 19.6 Å². The zero-order valence-electron chi connectivity index (χ0n) is 12.6. The van der Waals surface area contributed by atoms with E-state index in [1.54, 1.807) is 0 Å². The van der Waals surface area contributed by atoms with Crippen molar-refractivity contribution in [3.63, 3.8) is 0 Å². The molecule has 0 aliphatic rings. The van der Waals surface area contributed by atoms with Gasteiger partial charge in [0.2, 0.25) is 5.91 Å². The second-order valence-corrected chi connectivity index (χ2v) is 5.29. The molecule has 1 amide bonds. The molecule has 0 bridgehead atoms. The Kier molecular flexibility index (Phi) is 5.52. The lowest BCUT2D eigenvalue weighted by Crippen LogP contribution is -2.33. The fourth-order valence-corrected chi connectivity index (χ4v) is 2.09. The van der Waals surface area contributed by atoms with Crippen LogP contribution in [0.4, 0.5) is 0 Å². The van der Waals surface area contributed by atoms with Gasteiger partial charge in [-0.2, -0.15) is 0 Å². The Bertz CT molecular complexity index is 590. The minimum atomic E-state index is 0.0177. The van der Waals surface area contributed by atoms with Crippen LogP contribution in [0.2, 0.25) is 0 Å². The van der Waals surface area contributed by atoms with Crippen LogP contribution in [0.1, 0.15) is 22.3 Å². The van der Waals surface area contributed by atoms with Crippen molar-refractivity contribution in [1.82, 2.24) is 10.6 Å². The Morgan fingerprint density at radius 2 is 1.67 bits per heavy atom. The summed E-state index contributed by atoms with van der Waals surface area (Å²) in [6, 6.07) is 16.4. The molecule has 2 aromatic carbocycles. The monoisotopic (exact) mass is 282 g/mol. The first kappa shape index (κ1) is 15.3. The van der Waals surface area contributed by atoms with E-state index in [9.17, 15) is 4.79 Å². The molecule has 2 N–H and O–H groups in total. The second-order valence-electron chi connectivity index (χ2n) is 5.29. The molecule has 0 unspecified atom stereocenters. The van der Waals surface area contributed by atoms with Gasteiger partial charge in [0.1, 0.15) is 0 Å². The van der Waals surface area contributed by atoms with Gasteiger partial charge in [-0.1, -0.05) is 54.1 Å². The maximum atomic E-state index is 11.8. The van der Waals surface area contributed by atoms with Crippen LogP contribution in [0, 0.1) is 13.8 Å². The Labute approximate surface area is 126 Å². The highest BCUT2D eigenvalue weighted by Crippen LogP contribution is 2.05. The SMILES string of the molecule is Cc1ccc(CNC(=O)CNCc2ccccc2C)cc1. The van der Waals surface area contributed by atoms with Crippen molar-refractivity contribution < 1.29 is 4.79 Å². The molecule has 0 atom stereocenters. The van der Waals surface area contributed by atoms with E-state index in [1.807, 2.05) is 24.3 Å². The summed E-state index contributed by atoms with van der Waals surface area (Å²) in [5, 5.41) is 6.09. The number of carbonyl (C=O) groups excluding carboxylic acids is 1. The lowest BCUT2D eigenvalue weighted by Gasteiger charge is -2.08. The average molecular weight is 282 g/mol. The van der Waals surface area contributed by atoms with Crippen LogP contribution in [0.5, 0.6) is 0 Å². The predicted molar refractivity (Wildman–Crippen MR) is 85.9 cm³/mol. The van der Waals surface area contributed by atoms with Gasteiger partial charge in [-0.3, -0.25) is 4.79 Å². The van der Waals surface area contributed by atoms with Crippen LogP contribution < -0.4 is 10.6 Å². The molecule has 0 radical (unpaired) electrons. The smallest absolute Gasteiger partial charge is 0.234 e. The summed E-state index contributed by atoms with van der Waals surface area (Å²) >= 11 is 0. The summed E-state index contributed by atoms with van der Waals surface area (Å²) in [6.07, 6.45) is 0. The fraction of sp³-hybridized carbons (Fsp3) is 0.278. The van der Waals surface area contributed by atoms with E-state index in [0.717, 1.165) is 5.56 Å². The molecule has 0 spiro atoms. The van der Waals surface area contributed by atoms with Crippen LogP contribution in [0.15, 0.2) is 48.5 Å². The molecule has 0 saturated heterocycles. The molecule has 0 aliphatic carbocycles. The molecule has 2 aromatic rings. The van der Waals surface area contributed by atoms with Gasteiger partial charge in [0.25, 0.3) is 0 Å². The number of rotatable bonds is 6. The first-order valence-electron chi connectivity index (χ1n) is 7.22. The predicted octanol–water partition coefficient (Wildman–Crippen LogP) is 2.71. The van der Waals surface area contributed by atoms with Crippen molar-refractivity contribution in [2.24, 2.45) is 0 Å². The van der Waals surface area contributed by atoms with Crippen molar-refractivity contribution in [2.75, 3.05) is 6.54 Å². The van der Waals surface area contributed by atoms with Crippen molar-refractivity contribution in [3.05, 3.63) is 70.8 Å². The van der Waals surface area contributed by atoms with Gasteiger partial charge < -0.3 is 10.6 Å². The number of hydrogen-bond acceptors (Lipinski definition) is 2. The van der Waals surface area contributed by atoms with Crippen molar-refractivity contribution >= 4 is 5.91 Å². The van der Waals surface area contributed by atoms with Crippen molar-refractivity contribution in [1.29, 1.82) is 0 Å². The van der Waals surface area contributed by atoms with Crippen LogP contribution in [-0.2, 0) is 17.9 Å². The van der Waals surface area contributed by atoms with E-state index >= 15 is 0 Å². The molecule has 0 fully saturated rings. The zero-order valence-corrected chi connectivity index (χ0v) is 12.6. The highest BCUT2D eigenvalue weighted by Gasteiger charge is 2.02. The van der Waals surface area contributed by atoms with E-state index in [2.05, 4.69) is 48.7 Å². The fourth-order valence-electron chi connectivity index (χ4n) is 2.09. The number of nitrogens with one attached hydrogen (secondary N) is 2. The molecule has 0 heterocycles. The molecule has 3 nitrogen and oxygen atoms in total. The quantitative estimate of drug-likeness (QED) is 0.855. The maximum Gasteiger partial charge on any atom is 0.234 e. The maximum absolute atomic E-state index is 11.8. The molecule has 21 heavy (non-hydrogen) atoms. The topological polar surface area (TPSA) is 41.1 Å². The largest absolute Gasteiger partial charge is 0.351 e. The summed E-state index contributed by atoms with van der Waals surface area (Å²) < 4.78 is 0. The van der Waals surface area contributed by atoms with Gasteiger partial charge in [-0.05, 0) is 30.5 Å². The lowest BCUT2D eigenvalue weighted by molar-refractivity contribution is -0.120. The number of carbonyl (C=O) groups is 1. The van der Waals surface area contributed by atoms with Gasteiger partial charge >= 0.3 is 0 Å². The van der Waals surface area contributed by atoms with Gasteiger partial charge in [-0.15, -0.1) is 0 Å². The second kappa shape index (κ2) is 7.60. The van der Waals surface area contributed by atoms with Gasteiger partial charge in [0.05, 0.1) is 6.54 Å². The summed E-state index contributed by atoms with van der Waals surface area (Å²) in [6.45, 7) is 5.75. The summed E-state index contributed by atoms with van der Waals surface area (Å²) in [7, 11) is 0. The van der Waals surface area contributed by atoms with E-state index in [-0.39, 0.29) is 5.91 Å². The molecule has 0 aliphatic heterocycles. The van der Waals surface area contributed by atoms with Crippen LogP contribution in [-0.4, -0.2) is 12.5 Å². The lowest BCUT2D eigenvalue weighted by atomic mass is 10.1. The van der Waals surface area contributed by atoms with Gasteiger partial charge in [0.15, 0.2) is 0 Å². The molecular weight excluding hydrogens is 260 g/mol. The van der Waals surface area contributed by atoms with E-state index in [4.69, 9.17) is 0 Å². The van der Waals surface area contributed by atoms with Crippen LogP contribution in [0.3, 0.4) is 0 Å². The number of amides is 1. The number of benzene rings is 2. The van der Waals surface area contributed by atoms with Crippen LogP contribution in [0.25, 0.3) is 0 Å². The van der Waals surface area contributed by atoms with Gasteiger partial charge in [-0.25, -0.2) is 0 Å². The Hall–Kier alpha value is -2.13. The third-order valence-corrected chi connectivity index (χ3v) is 3.47. The first-order chi connectivity index (χ1) is 10.1. The van der Waals surface area contributed by atoms with Crippen molar-refractivity contribution in [2.45, 2.75) is 26.9 Å². The third kappa shape index (κ3) is 5.04. The number of hydrogen-bond donors (Lipinski definition) is 2. The third-order valence-electron chi connectivity index (χ3n) is 3.47. The molecule has 2 rings (SSSR count). The first-order valence-corrected chi connectivity index (χ1v) is 7.22. The standard InChI is InChI=1S/C18H22N2O/c1-14-7-9-16(10-8-14)11-20-18(21)13-19-12-17-6-4-3-5-15(17)2/h3-10,19H,11-13H2,1-2H3,(H,20,21). The highest BCUT2D eigenvalue weighted by molar-refractivity contribution is 5.77. The van der Waals surface area contributed by atoms with E-state index < -0.39 is 0 Å². The Morgan fingerprint density at radius 1 is 0.952 bits per heavy atom. The molecule has 0 saturated carbocycles. The Morgan fingerprint density at radius 3 is 2.38 bits per heavy atom. The Balaban J connectivity index is 1.70. The normalized spacial score (nSPS) is 10.4. The van der Waals surface area contributed by atoms with Crippen molar-refractivity contribution in [3.8, 4) is 0 Å². The molecule has 0 aromatic heterocycles. The summed E-state index contributed by atoms with van der Waals surface area (Å²) in [5.41, 5.74) is 4.81. The minimum absolute atomic E-state index is 0.0177. The average Bonchev–Trinajstić information content (AvgIpc) is 2.49. The van der Waals surface area contributed by atoms with Crippen LogP contribution >= 0.6 is 0 Å².